The van der Waals surface area contributed by atoms with E-state index in [0.29, 0.717) is 12.6 Å². The zero-order valence-corrected chi connectivity index (χ0v) is 18.8. The number of carbonyl (C=O) groups excluding carboxylic acids is 2. The van der Waals surface area contributed by atoms with E-state index in [2.05, 4.69) is 43.6 Å². The van der Waals surface area contributed by atoms with E-state index in [1.165, 1.54) is 32.1 Å². The van der Waals surface area contributed by atoms with Crippen molar-refractivity contribution >= 4 is 12.6 Å². The van der Waals surface area contributed by atoms with Crippen molar-refractivity contribution in [1.82, 2.24) is 16.0 Å². The van der Waals surface area contributed by atoms with Gasteiger partial charge in [0.2, 0.25) is 0 Å². The number of unbranched alkanes of at least 4 members (excludes halogenated alkanes) is 1. The van der Waals surface area contributed by atoms with Crippen molar-refractivity contribution < 1.29 is 14.3 Å². The van der Waals surface area contributed by atoms with E-state index >= 15 is 0 Å². The van der Waals surface area contributed by atoms with Crippen LogP contribution in [0.5, 0.6) is 0 Å². The average Bonchev–Trinajstić information content (AvgIpc) is 2.65. The monoisotopic (exact) mass is 389 g/mol. The summed E-state index contributed by atoms with van der Waals surface area (Å²) >= 11 is 0. The van der Waals surface area contributed by atoms with Crippen molar-refractivity contribution in [3.05, 3.63) is 0 Å². The number of hydrogen-bond acceptors (Lipinski definition) is 6. The van der Waals surface area contributed by atoms with Crippen molar-refractivity contribution in [2.45, 2.75) is 72.3 Å². The molecule has 0 bridgehead atoms. The topological polar surface area (TPSA) is 79.5 Å². The van der Waals surface area contributed by atoms with Gasteiger partial charge in [0.05, 0.1) is 6.61 Å². The zero-order valence-electron chi connectivity index (χ0n) is 18.8. The third-order valence-electron chi connectivity index (χ3n) is 3.89. The Labute approximate surface area is 168 Å². The van der Waals surface area contributed by atoms with Gasteiger partial charge in [0.1, 0.15) is 19.2 Å². The van der Waals surface area contributed by atoms with Crippen molar-refractivity contribution in [3.63, 3.8) is 0 Å². The van der Waals surface area contributed by atoms with Crippen LogP contribution >= 0.6 is 0 Å². The standard InChI is InChI=1S/C7H16N2O2.C6H10O.C4H11N.C4H10/c1-8-2-3-9-4-6-11-7-5-10;7-5-4-6-2-1-3-6;1-4(2)5-3;1-3-4-2/h5,8-9H,2-4,6-7H2,1H3;5-6H,1-4H2;4-5H,1-3H3;3-4H2,1-2H3. The van der Waals surface area contributed by atoms with Gasteiger partial charge in [-0.15, -0.1) is 0 Å². The fraction of sp³-hybridized carbons (Fsp3) is 0.905. The highest BCUT2D eigenvalue weighted by atomic mass is 16.5. The Hall–Kier alpha value is -0.820. The summed E-state index contributed by atoms with van der Waals surface area (Å²) in [5, 5.41) is 9.18. The largest absolute Gasteiger partial charge is 0.373 e. The van der Waals surface area contributed by atoms with Gasteiger partial charge in [0.25, 0.3) is 0 Å². The van der Waals surface area contributed by atoms with E-state index in [4.69, 9.17) is 4.74 Å². The number of likely N-dealkylation sites (N-methyl/N-ethyl adjacent to an activating group) is 1. The molecule has 0 spiro atoms. The molecule has 6 nitrogen and oxygen atoms in total. The lowest BCUT2D eigenvalue weighted by Crippen LogP contribution is -2.27. The van der Waals surface area contributed by atoms with Crippen LogP contribution < -0.4 is 16.0 Å². The Morgan fingerprint density at radius 1 is 1.00 bits per heavy atom. The third-order valence-corrected chi connectivity index (χ3v) is 3.89. The van der Waals surface area contributed by atoms with Gasteiger partial charge in [-0.25, -0.2) is 0 Å². The molecule has 0 atom stereocenters. The fourth-order valence-corrected chi connectivity index (χ4v) is 1.48. The number of hydrogen-bond donors (Lipinski definition) is 3. The van der Waals surface area contributed by atoms with E-state index in [9.17, 15) is 9.59 Å². The predicted octanol–water partition coefficient (Wildman–Crippen LogP) is 2.81. The minimum Gasteiger partial charge on any atom is -0.373 e. The summed E-state index contributed by atoms with van der Waals surface area (Å²) in [6.07, 6.45) is 9.16. The summed E-state index contributed by atoms with van der Waals surface area (Å²) in [5.41, 5.74) is 0. The van der Waals surface area contributed by atoms with Crippen molar-refractivity contribution in [2.75, 3.05) is 46.9 Å². The van der Waals surface area contributed by atoms with Crippen LogP contribution in [0, 0.1) is 5.92 Å². The molecule has 0 amide bonds. The van der Waals surface area contributed by atoms with Gasteiger partial charge in [-0.3, -0.25) is 0 Å². The van der Waals surface area contributed by atoms with Gasteiger partial charge in [0, 0.05) is 32.1 Å². The number of nitrogens with one attached hydrogen (secondary N) is 3. The molecule has 1 saturated carbocycles. The number of carbonyl (C=O) groups is 2. The van der Waals surface area contributed by atoms with Crippen molar-refractivity contribution in [3.8, 4) is 0 Å². The van der Waals surface area contributed by atoms with Crippen molar-refractivity contribution in [1.29, 1.82) is 0 Å². The normalized spacial score (nSPS) is 12.4. The third kappa shape index (κ3) is 36.8. The lowest BCUT2D eigenvalue weighted by Gasteiger charge is -2.22. The van der Waals surface area contributed by atoms with Gasteiger partial charge in [0.15, 0.2) is 0 Å². The van der Waals surface area contributed by atoms with Crippen LogP contribution in [-0.2, 0) is 14.3 Å². The highest BCUT2D eigenvalue weighted by molar-refractivity contribution is 5.50. The summed E-state index contributed by atoms with van der Waals surface area (Å²) < 4.78 is 4.91. The van der Waals surface area contributed by atoms with Gasteiger partial charge in [-0.2, -0.15) is 0 Å². The van der Waals surface area contributed by atoms with Crippen LogP contribution in [0.4, 0.5) is 0 Å². The summed E-state index contributed by atoms with van der Waals surface area (Å²) in [6.45, 7) is 12.1. The van der Waals surface area contributed by atoms with Crippen LogP contribution in [0.1, 0.15) is 66.2 Å². The molecule has 0 radical (unpaired) electrons. The highest BCUT2D eigenvalue weighted by Gasteiger charge is 2.15. The lowest BCUT2D eigenvalue weighted by molar-refractivity contribution is -0.111. The maximum Gasteiger partial charge on any atom is 0.145 e. The van der Waals surface area contributed by atoms with E-state index in [0.717, 1.165) is 44.5 Å². The minimum atomic E-state index is 0.202. The second-order valence-electron chi connectivity index (χ2n) is 6.74. The first-order chi connectivity index (χ1) is 13.0. The fourth-order valence-electron chi connectivity index (χ4n) is 1.48. The SMILES string of the molecule is CCCC.CNC(C)C.CNCCNCCOCC=O.O=CCC1CCC1. The first-order valence-corrected chi connectivity index (χ1v) is 10.5. The van der Waals surface area contributed by atoms with Crippen molar-refractivity contribution in [2.24, 2.45) is 5.92 Å². The van der Waals surface area contributed by atoms with Gasteiger partial charge < -0.3 is 30.3 Å². The van der Waals surface area contributed by atoms with Crippen LogP contribution in [0.2, 0.25) is 0 Å². The van der Waals surface area contributed by atoms with Crippen LogP contribution in [-0.4, -0.2) is 65.6 Å². The molecule has 0 aliphatic heterocycles. The highest BCUT2D eigenvalue weighted by Crippen LogP contribution is 2.27. The summed E-state index contributed by atoms with van der Waals surface area (Å²) in [4.78, 5) is 19.6. The van der Waals surface area contributed by atoms with Crippen LogP contribution in [0.25, 0.3) is 0 Å². The van der Waals surface area contributed by atoms with Gasteiger partial charge in [-0.1, -0.05) is 59.8 Å². The van der Waals surface area contributed by atoms with Gasteiger partial charge >= 0.3 is 0 Å². The first-order valence-electron chi connectivity index (χ1n) is 10.5. The molecule has 0 aromatic carbocycles. The number of ether oxygens (including phenoxy) is 1. The molecule has 3 N–H and O–H groups in total. The smallest absolute Gasteiger partial charge is 0.145 e. The summed E-state index contributed by atoms with van der Waals surface area (Å²) in [7, 11) is 3.86. The second kappa shape index (κ2) is 29.9. The predicted molar refractivity (Wildman–Crippen MR) is 116 cm³/mol. The maximum absolute atomic E-state index is 9.81. The molecule has 1 aliphatic rings. The molecule has 1 aliphatic carbocycles. The molecule has 0 unspecified atom stereocenters. The number of aldehydes is 2. The molecule has 0 saturated heterocycles. The lowest BCUT2D eigenvalue weighted by atomic mass is 9.83. The average molecular weight is 390 g/mol. The molecule has 27 heavy (non-hydrogen) atoms. The number of rotatable bonds is 12. The quantitative estimate of drug-likeness (QED) is 0.352. The molecular weight excluding hydrogens is 342 g/mol. The molecule has 6 heteroatoms. The maximum atomic E-state index is 9.81. The first kappa shape index (κ1) is 30.9. The molecule has 0 heterocycles. The Morgan fingerprint density at radius 3 is 1.89 bits per heavy atom. The molecule has 0 aromatic rings. The summed E-state index contributed by atoms with van der Waals surface area (Å²) in [5.74, 6) is 0.762. The molecule has 1 rings (SSSR count). The van der Waals surface area contributed by atoms with Crippen LogP contribution in [0.15, 0.2) is 0 Å². The molecule has 0 aromatic heterocycles. The minimum absolute atomic E-state index is 0.202. The summed E-state index contributed by atoms with van der Waals surface area (Å²) in [6, 6.07) is 0.634. The zero-order chi connectivity index (χ0) is 21.2. The van der Waals surface area contributed by atoms with E-state index in [1.54, 1.807) is 0 Å². The molecule has 1 fully saturated rings. The van der Waals surface area contributed by atoms with E-state index in [-0.39, 0.29) is 6.61 Å². The Kier molecular flexibility index (Phi) is 34.2. The Bertz CT molecular complexity index is 271. The van der Waals surface area contributed by atoms with Gasteiger partial charge in [-0.05, 0) is 20.0 Å². The van der Waals surface area contributed by atoms with Crippen LogP contribution in [0.3, 0.4) is 0 Å². The molecular formula is C21H47N3O3. The Balaban J connectivity index is -0.000000309. The van der Waals surface area contributed by atoms with E-state index < -0.39 is 0 Å². The Morgan fingerprint density at radius 2 is 1.59 bits per heavy atom. The molecule has 164 valence electrons. The van der Waals surface area contributed by atoms with E-state index in [1.807, 2.05) is 14.1 Å². The second-order valence-corrected chi connectivity index (χ2v) is 6.74.